The van der Waals surface area contributed by atoms with Crippen LogP contribution < -0.4 is 11.2 Å². The van der Waals surface area contributed by atoms with Crippen molar-refractivity contribution >= 4 is 38.9 Å². The zero-order chi connectivity index (χ0) is 18.1. The molecule has 0 radical (unpaired) electrons. The van der Waals surface area contributed by atoms with E-state index in [9.17, 15) is 9.59 Å². The molecule has 0 saturated carbocycles. The van der Waals surface area contributed by atoms with Crippen LogP contribution in [0.4, 0.5) is 0 Å². The largest absolute Gasteiger partial charge is 0.329 e. The number of aromatic amines is 1. The van der Waals surface area contributed by atoms with E-state index in [0.717, 1.165) is 21.6 Å². The second-order valence-electron chi connectivity index (χ2n) is 5.94. The van der Waals surface area contributed by atoms with Crippen LogP contribution in [0.3, 0.4) is 0 Å². The average molecular weight is 423 g/mol. The maximum atomic E-state index is 12.5. The van der Waals surface area contributed by atoms with Gasteiger partial charge in [-0.15, -0.1) is 0 Å². The predicted molar refractivity (Wildman–Crippen MR) is 104 cm³/mol. The summed E-state index contributed by atoms with van der Waals surface area (Å²) in [5.41, 5.74) is 1.02. The van der Waals surface area contributed by atoms with Crippen LogP contribution >= 0.6 is 27.7 Å². The van der Waals surface area contributed by atoms with Crippen LogP contribution in [0.5, 0.6) is 0 Å². The van der Waals surface area contributed by atoms with Crippen molar-refractivity contribution in [2.75, 3.05) is 0 Å². The van der Waals surface area contributed by atoms with Crippen molar-refractivity contribution in [3.8, 4) is 0 Å². The number of nitrogens with zero attached hydrogens (tertiary/aromatic N) is 3. The zero-order valence-corrected chi connectivity index (χ0v) is 16.6. The standard InChI is InChI=1S/C17H19BrN4O2S/c1-4-10(2)25-17-19-14-13(15(23)20-16(24)21(14)3)22(17)9-11-6-5-7-12(18)8-11/h5-8,10H,4,9H2,1-3H3,(H,20,23,24). The van der Waals surface area contributed by atoms with E-state index in [-0.39, 0.29) is 0 Å². The summed E-state index contributed by atoms with van der Waals surface area (Å²) in [7, 11) is 1.62. The SMILES string of the molecule is CCC(C)Sc1nc2c(c(=O)[nH]c(=O)n2C)n1Cc1cccc(Br)c1. The molecule has 0 fully saturated rings. The van der Waals surface area contributed by atoms with Crippen molar-refractivity contribution < 1.29 is 0 Å². The molecule has 1 unspecified atom stereocenters. The number of thioether (sulfide) groups is 1. The van der Waals surface area contributed by atoms with Crippen molar-refractivity contribution in [3.63, 3.8) is 0 Å². The Morgan fingerprint density at radius 1 is 1.36 bits per heavy atom. The molecule has 0 aliphatic rings. The Bertz CT molecular complexity index is 1040. The topological polar surface area (TPSA) is 72.7 Å². The highest BCUT2D eigenvalue weighted by Gasteiger charge is 2.19. The molecule has 132 valence electrons. The van der Waals surface area contributed by atoms with Crippen molar-refractivity contribution in [1.82, 2.24) is 19.1 Å². The lowest BCUT2D eigenvalue weighted by Gasteiger charge is -2.11. The summed E-state index contributed by atoms with van der Waals surface area (Å²) in [6.07, 6.45) is 0.986. The van der Waals surface area contributed by atoms with E-state index >= 15 is 0 Å². The highest BCUT2D eigenvalue weighted by atomic mass is 79.9. The van der Waals surface area contributed by atoms with Gasteiger partial charge in [0, 0.05) is 16.8 Å². The van der Waals surface area contributed by atoms with Gasteiger partial charge in [-0.25, -0.2) is 9.78 Å². The van der Waals surface area contributed by atoms with Gasteiger partial charge < -0.3 is 4.57 Å². The van der Waals surface area contributed by atoms with Crippen molar-refractivity contribution in [3.05, 3.63) is 55.1 Å². The van der Waals surface area contributed by atoms with E-state index in [1.807, 2.05) is 28.8 Å². The molecular formula is C17H19BrN4O2S. The third kappa shape index (κ3) is 3.59. The number of imidazole rings is 1. The molecule has 0 bridgehead atoms. The van der Waals surface area contributed by atoms with Crippen LogP contribution in [0, 0.1) is 0 Å². The Hall–Kier alpha value is -1.80. The number of H-pyrrole nitrogens is 1. The quantitative estimate of drug-likeness (QED) is 0.640. The molecule has 0 saturated heterocycles. The van der Waals surface area contributed by atoms with Crippen molar-refractivity contribution in [1.29, 1.82) is 0 Å². The molecule has 0 amide bonds. The summed E-state index contributed by atoms with van der Waals surface area (Å²) in [5.74, 6) is 0. The summed E-state index contributed by atoms with van der Waals surface area (Å²) < 4.78 is 4.26. The minimum atomic E-state index is -0.454. The highest BCUT2D eigenvalue weighted by molar-refractivity contribution is 9.10. The monoisotopic (exact) mass is 422 g/mol. The second-order valence-corrected chi connectivity index (χ2v) is 8.26. The molecule has 8 heteroatoms. The summed E-state index contributed by atoms with van der Waals surface area (Å²) in [4.78, 5) is 31.3. The number of nitrogens with one attached hydrogen (secondary N) is 1. The zero-order valence-electron chi connectivity index (χ0n) is 14.2. The fourth-order valence-corrected chi connectivity index (χ4v) is 3.93. The lowest BCUT2D eigenvalue weighted by Crippen LogP contribution is -2.29. The van der Waals surface area contributed by atoms with Gasteiger partial charge in [-0.1, -0.05) is 53.7 Å². The van der Waals surface area contributed by atoms with Crippen LogP contribution in [-0.2, 0) is 13.6 Å². The van der Waals surface area contributed by atoms with Crippen LogP contribution in [0.2, 0.25) is 0 Å². The third-order valence-electron chi connectivity index (χ3n) is 4.08. The summed E-state index contributed by atoms with van der Waals surface area (Å²) in [6.45, 7) is 4.74. The Kier molecular flexibility index (Phi) is 5.19. The average Bonchev–Trinajstić information content (AvgIpc) is 2.91. The first kappa shape index (κ1) is 18.0. The Morgan fingerprint density at radius 2 is 2.12 bits per heavy atom. The number of halogens is 1. The van der Waals surface area contributed by atoms with Crippen LogP contribution in [0.1, 0.15) is 25.8 Å². The molecule has 0 aliphatic carbocycles. The number of aromatic nitrogens is 4. The lowest BCUT2D eigenvalue weighted by molar-refractivity contribution is 0.723. The summed E-state index contributed by atoms with van der Waals surface area (Å²) in [5, 5.41) is 1.10. The Balaban J connectivity index is 2.22. The van der Waals surface area contributed by atoms with E-state index < -0.39 is 11.2 Å². The van der Waals surface area contributed by atoms with Gasteiger partial charge in [0.2, 0.25) is 0 Å². The van der Waals surface area contributed by atoms with Gasteiger partial charge in [-0.05, 0) is 24.1 Å². The van der Waals surface area contributed by atoms with Crippen molar-refractivity contribution in [2.24, 2.45) is 7.05 Å². The van der Waals surface area contributed by atoms with Crippen LogP contribution in [0.25, 0.3) is 11.2 Å². The van der Waals surface area contributed by atoms with E-state index in [0.29, 0.717) is 23.0 Å². The van der Waals surface area contributed by atoms with Gasteiger partial charge in [-0.3, -0.25) is 14.3 Å². The second kappa shape index (κ2) is 7.21. The summed E-state index contributed by atoms with van der Waals surface area (Å²) in [6, 6.07) is 7.94. The molecule has 1 aromatic carbocycles. The predicted octanol–water partition coefficient (Wildman–Crippen LogP) is 3.12. The minimum absolute atomic E-state index is 0.356. The fourth-order valence-electron chi connectivity index (χ4n) is 2.53. The van der Waals surface area contributed by atoms with Crippen molar-refractivity contribution in [2.45, 2.75) is 37.2 Å². The molecule has 0 aliphatic heterocycles. The number of benzene rings is 1. The number of hydrogen-bond acceptors (Lipinski definition) is 4. The van der Waals surface area contributed by atoms with Gasteiger partial charge in [0.05, 0.1) is 6.54 Å². The van der Waals surface area contributed by atoms with E-state index in [1.165, 1.54) is 4.57 Å². The minimum Gasteiger partial charge on any atom is -0.309 e. The molecule has 0 spiro atoms. The molecule has 2 aromatic heterocycles. The fraction of sp³-hybridized carbons (Fsp3) is 0.353. The number of hydrogen-bond donors (Lipinski definition) is 1. The third-order valence-corrected chi connectivity index (χ3v) is 5.83. The Labute approximate surface area is 157 Å². The van der Waals surface area contributed by atoms with Gasteiger partial charge >= 0.3 is 5.69 Å². The molecule has 3 aromatic rings. The van der Waals surface area contributed by atoms with Gasteiger partial charge in [-0.2, -0.15) is 0 Å². The number of fused-ring (bicyclic) bond motifs is 1. The normalized spacial score (nSPS) is 12.6. The smallest absolute Gasteiger partial charge is 0.309 e. The van der Waals surface area contributed by atoms with E-state index in [1.54, 1.807) is 18.8 Å². The Morgan fingerprint density at radius 3 is 2.80 bits per heavy atom. The lowest BCUT2D eigenvalue weighted by atomic mass is 10.2. The first-order chi connectivity index (χ1) is 11.9. The maximum Gasteiger partial charge on any atom is 0.329 e. The van der Waals surface area contributed by atoms with E-state index in [2.05, 4.69) is 39.7 Å². The molecule has 6 nitrogen and oxygen atoms in total. The van der Waals surface area contributed by atoms with Gasteiger partial charge in [0.1, 0.15) is 0 Å². The molecule has 1 N–H and O–H groups in total. The van der Waals surface area contributed by atoms with Crippen LogP contribution in [0.15, 0.2) is 43.5 Å². The van der Waals surface area contributed by atoms with Gasteiger partial charge in [0.25, 0.3) is 5.56 Å². The van der Waals surface area contributed by atoms with Crippen LogP contribution in [-0.4, -0.2) is 24.4 Å². The maximum absolute atomic E-state index is 12.5. The number of rotatable bonds is 5. The molecule has 25 heavy (non-hydrogen) atoms. The molecule has 2 heterocycles. The first-order valence-corrected chi connectivity index (χ1v) is 9.68. The molecule has 1 atom stereocenters. The summed E-state index contributed by atoms with van der Waals surface area (Å²) >= 11 is 5.09. The van der Waals surface area contributed by atoms with Gasteiger partial charge in [0.15, 0.2) is 16.3 Å². The molecule has 3 rings (SSSR count). The molecular weight excluding hydrogens is 404 g/mol. The van der Waals surface area contributed by atoms with E-state index in [4.69, 9.17) is 0 Å². The number of aryl methyl sites for hydroxylation is 1. The first-order valence-electron chi connectivity index (χ1n) is 8.01. The highest BCUT2D eigenvalue weighted by Crippen LogP contribution is 2.28.